The van der Waals surface area contributed by atoms with Gasteiger partial charge in [0.15, 0.2) is 0 Å². The molecule has 6 heteroatoms. The van der Waals surface area contributed by atoms with E-state index in [0.717, 1.165) is 19.6 Å². The largest absolute Gasteiger partial charge is 0.396 e. The summed E-state index contributed by atoms with van der Waals surface area (Å²) in [6, 6.07) is 0. The predicted octanol–water partition coefficient (Wildman–Crippen LogP) is 0.747. The molecular weight excluding hydrogens is 693 g/mol. The zero-order valence-corrected chi connectivity index (χ0v) is 23.4. The van der Waals surface area contributed by atoms with Crippen molar-refractivity contribution < 1.29 is 30.6 Å². The maximum atomic E-state index is 9.14. The van der Waals surface area contributed by atoms with Gasteiger partial charge in [0.05, 0.1) is 13.2 Å². The molecule has 21 heavy (non-hydrogen) atoms. The van der Waals surface area contributed by atoms with E-state index < -0.39 is 0 Å². The van der Waals surface area contributed by atoms with Crippen molar-refractivity contribution in [3.05, 3.63) is 6.42 Å². The molecule has 0 amide bonds. The molecule has 0 aromatic rings. The number of likely N-dealkylation sites (tertiary alicyclic amines) is 1. The van der Waals surface area contributed by atoms with Crippen LogP contribution in [0.1, 0.15) is 27.7 Å². The average molecular weight is 725 g/mol. The van der Waals surface area contributed by atoms with Crippen LogP contribution in [0.4, 0.5) is 0 Å². The summed E-state index contributed by atoms with van der Waals surface area (Å²) in [7, 11) is 2.16. The first kappa shape index (κ1) is 22.8. The van der Waals surface area contributed by atoms with Crippen LogP contribution in [0.5, 0.6) is 0 Å². The van der Waals surface area contributed by atoms with Gasteiger partial charge in [0, 0.05) is 44.3 Å². The van der Waals surface area contributed by atoms with Gasteiger partial charge in [-0.05, 0) is 13.6 Å². The van der Waals surface area contributed by atoms with Crippen molar-refractivity contribution in [3.8, 4) is 0 Å². The van der Waals surface area contributed by atoms with Gasteiger partial charge in [0.1, 0.15) is 0 Å². The van der Waals surface area contributed by atoms with Gasteiger partial charge in [-0.25, -0.2) is 0 Å². The van der Waals surface area contributed by atoms with Gasteiger partial charge in [-0.1, -0.05) is 27.7 Å². The zero-order chi connectivity index (χ0) is 14.7. The number of aliphatic hydroxyl groups is 2. The molecular formula is C15H31N2O2ReRf-. The summed E-state index contributed by atoms with van der Waals surface area (Å²) in [6.45, 7) is 12.8. The minimum absolute atomic E-state index is 0. The Kier molecular flexibility index (Phi) is 8.91. The van der Waals surface area contributed by atoms with Crippen molar-refractivity contribution in [1.82, 2.24) is 10.2 Å². The van der Waals surface area contributed by atoms with E-state index in [2.05, 4.69) is 37.5 Å². The van der Waals surface area contributed by atoms with Crippen LogP contribution in [-0.2, 0) is 20.4 Å². The van der Waals surface area contributed by atoms with Crippen LogP contribution in [0.25, 0.3) is 0 Å². The monoisotopic (exact) mass is 725 g/mol. The van der Waals surface area contributed by atoms with Crippen LogP contribution in [0.2, 0.25) is 0 Å². The molecule has 123 valence electrons. The van der Waals surface area contributed by atoms with E-state index in [9.17, 15) is 0 Å². The fraction of sp³-hybridized carbons (Fsp3) is 0.933. The van der Waals surface area contributed by atoms with E-state index in [4.69, 9.17) is 10.2 Å². The van der Waals surface area contributed by atoms with Gasteiger partial charge in [-0.3, -0.25) is 0 Å². The zero-order valence-electron chi connectivity index (χ0n) is 14.2. The molecule has 2 heterocycles. The number of hydrogen-bond acceptors (Lipinski definition) is 4. The van der Waals surface area contributed by atoms with Gasteiger partial charge in [-0.2, -0.15) is 0 Å². The van der Waals surface area contributed by atoms with Gasteiger partial charge in [0.2, 0.25) is 0 Å². The van der Waals surface area contributed by atoms with Crippen LogP contribution in [-0.4, -0.2) is 61.6 Å². The van der Waals surface area contributed by atoms with Crippen molar-refractivity contribution >= 4 is 0 Å². The van der Waals surface area contributed by atoms with Crippen LogP contribution in [0, 0.1) is 22.7 Å². The molecule has 0 spiro atoms. The molecule has 0 saturated carbocycles. The Morgan fingerprint density at radius 1 is 1.05 bits per heavy atom. The summed E-state index contributed by atoms with van der Waals surface area (Å²) in [5.41, 5.74) is 0.137. The molecule has 2 rings (SSSR count). The minimum atomic E-state index is -0.165. The first-order valence-electron chi connectivity index (χ1n) is 7.13. The summed E-state index contributed by atoms with van der Waals surface area (Å²) in [6.07, 6.45) is 2.37. The molecule has 2 saturated heterocycles. The molecule has 2 atom stereocenters. The van der Waals surface area contributed by atoms with Crippen molar-refractivity contribution in [2.24, 2.45) is 16.2 Å². The van der Waals surface area contributed by atoms with Gasteiger partial charge >= 0.3 is 0 Å². The molecule has 0 aromatic heterocycles. The number of aliphatic hydroxyl groups excluding tert-OH is 2. The number of rotatable bonds is 2. The molecule has 2 aliphatic rings. The first-order chi connectivity index (χ1) is 8.68. The van der Waals surface area contributed by atoms with E-state index in [-0.39, 0.29) is 44.5 Å². The first-order valence-corrected chi connectivity index (χ1v) is 7.13. The SMILES string of the molecule is CN1C[CH-]C(C)(C)C1.C[C@]1(CO)CNC[C@@]1(C)CO.[Re].[Rf]. The Labute approximate surface area is 138 Å². The van der Waals surface area contributed by atoms with Crippen LogP contribution in [0.3, 0.4) is 0 Å². The van der Waals surface area contributed by atoms with Crippen LogP contribution >= 0.6 is 0 Å². The molecule has 0 aliphatic carbocycles. The van der Waals surface area contributed by atoms with Crippen LogP contribution < -0.4 is 5.32 Å². The summed E-state index contributed by atoms with van der Waals surface area (Å²) in [5, 5.41) is 21.5. The molecule has 0 unspecified atom stereocenters. The Bertz CT molecular complexity index is 291. The maximum absolute atomic E-state index is 9.14. The Hall–Kier alpha value is -0.498. The second kappa shape index (κ2) is 8.22. The van der Waals surface area contributed by atoms with Crippen molar-refractivity contribution in [2.45, 2.75) is 27.7 Å². The predicted molar refractivity (Wildman–Crippen MR) is 78.8 cm³/mol. The van der Waals surface area contributed by atoms with Crippen molar-refractivity contribution in [2.75, 3.05) is 46.4 Å². The Balaban J connectivity index is 0. The van der Waals surface area contributed by atoms with E-state index in [1.54, 1.807) is 0 Å². The third-order valence-electron chi connectivity index (χ3n) is 4.82. The van der Waals surface area contributed by atoms with Gasteiger partial charge < -0.3 is 26.9 Å². The number of hydrogen-bond donors (Lipinski definition) is 3. The maximum Gasteiger partial charge on any atom is 0.0503 e. The topological polar surface area (TPSA) is 55.7 Å². The fourth-order valence-corrected chi connectivity index (χ4v) is 2.76. The molecule has 0 aromatic carbocycles. The smallest absolute Gasteiger partial charge is 0.0503 e. The number of nitrogens with zero attached hydrogens (tertiary/aromatic N) is 1. The van der Waals surface area contributed by atoms with Gasteiger partial charge in [-0.15, -0.1) is 12.0 Å². The minimum Gasteiger partial charge on any atom is -0.396 e. The van der Waals surface area contributed by atoms with E-state index in [1.807, 2.05) is 13.8 Å². The standard InChI is InChI=1S/C8H17NO2.C7H14N.Re.Rf/c1-7(5-10)3-9-4-8(7,2)6-11;1-7(2)4-5-8(3)6-7;;/h9-11H,3-6H2,1-2H3;4H,5-6H2,1-3H3;;/q;-1;;/t7-,8+;;;. The van der Waals surface area contributed by atoms with E-state index >= 15 is 0 Å². The number of nitrogens with one attached hydrogen (secondary N) is 1. The van der Waals surface area contributed by atoms with Crippen molar-refractivity contribution in [3.63, 3.8) is 0 Å². The third kappa shape index (κ3) is 5.32. The average Bonchev–Trinajstić information content (AvgIpc) is 2.82. The fourth-order valence-electron chi connectivity index (χ4n) is 2.76. The summed E-state index contributed by atoms with van der Waals surface area (Å²) in [5.74, 6) is 0. The quantitative estimate of drug-likeness (QED) is 0.369. The van der Waals surface area contributed by atoms with Gasteiger partial charge in [0.25, 0.3) is 0 Å². The molecule has 3 N–H and O–H groups in total. The van der Waals surface area contributed by atoms with Crippen LogP contribution in [0.15, 0.2) is 0 Å². The molecule has 0 bridgehead atoms. The molecule has 2 aliphatic heterocycles. The Morgan fingerprint density at radius 3 is 1.67 bits per heavy atom. The van der Waals surface area contributed by atoms with E-state index in [1.165, 1.54) is 6.54 Å². The third-order valence-corrected chi connectivity index (χ3v) is 4.82. The second-order valence-electron chi connectivity index (χ2n) is 7.43. The second-order valence-corrected chi connectivity index (χ2v) is 7.43. The van der Waals surface area contributed by atoms with E-state index in [0.29, 0.717) is 5.41 Å². The molecule has 1 radical (unpaired) electrons. The summed E-state index contributed by atoms with van der Waals surface area (Å²) >= 11 is 0. The normalized spacial score (nSPS) is 34.4. The summed E-state index contributed by atoms with van der Waals surface area (Å²) in [4.78, 5) is 2.33. The summed E-state index contributed by atoms with van der Waals surface area (Å²) < 4.78 is 0. The Morgan fingerprint density at radius 2 is 1.48 bits per heavy atom. The van der Waals surface area contributed by atoms with Crippen molar-refractivity contribution in [1.29, 1.82) is 0 Å². The molecule has 2 fully saturated rings. The molecule has 4 nitrogen and oxygen atoms in total.